The van der Waals surface area contributed by atoms with E-state index in [4.69, 9.17) is 8.85 Å². The van der Waals surface area contributed by atoms with Crippen LogP contribution in [-0.4, -0.2) is 80.6 Å². The Morgan fingerprint density at radius 1 is 1.19 bits per heavy atom. The number of benzene rings is 1. The third-order valence-electron chi connectivity index (χ3n) is 6.07. The van der Waals surface area contributed by atoms with Crippen molar-refractivity contribution in [1.29, 1.82) is 0 Å². The molecule has 1 aromatic carbocycles. The van der Waals surface area contributed by atoms with Crippen molar-refractivity contribution in [3.8, 4) is 11.4 Å². The number of ether oxygens (including phenoxy) is 1. The normalized spacial score (nSPS) is 17.3. The number of hydrogen-bond acceptors (Lipinski definition) is 10. The van der Waals surface area contributed by atoms with E-state index in [1.165, 1.54) is 13.2 Å². The SMILES string of the molecule is [2H]C([2H])([2H])NC(=O)c1nnc(NC(=O)C2CC2)cc1Nc1cccc(-n2cc(CN3CCSCC3)nn2)c1OC. The number of hydrogen-bond donors (Lipinski definition) is 3. The van der Waals surface area contributed by atoms with E-state index in [9.17, 15) is 9.59 Å². The third-order valence-corrected chi connectivity index (χ3v) is 7.01. The number of rotatable bonds is 9. The van der Waals surface area contributed by atoms with E-state index in [0.717, 1.165) is 43.1 Å². The Morgan fingerprint density at radius 2 is 2.03 bits per heavy atom. The van der Waals surface area contributed by atoms with Crippen LogP contribution in [0.2, 0.25) is 0 Å². The van der Waals surface area contributed by atoms with E-state index >= 15 is 0 Å². The van der Waals surface area contributed by atoms with Crippen LogP contribution in [0.15, 0.2) is 30.5 Å². The number of thioether (sulfide) groups is 1. The Hall–Kier alpha value is -3.71. The van der Waals surface area contributed by atoms with Crippen LogP contribution in [0.1, 0.15) is 33.1 Å². The van der Waals surface area contributed by atoms with E-state index in [1.54, 1.807) is 16.8 Å². The number of anilines is 3. The predicted octanol–water partition coefficient (Wildman–Crippen LogP) is 2.07. The lowest BCUT2D eigenvalue weighted by Crippen LogP contribution is -2.32. The Bertz CT molecular complexity index is 1390. The number of nitrogens with one attached hydrogen (secondary N) is 3. The van der Waals surface area contributed by atoms with Gasteiger partial charge in [0, 0.05) is 54.2 Å². The smallest absolute Gasteiger partial charge is 0.273 e. The monoisotopic (exact) mass is 526 g/mol. The van der Waals surface area contributed by atoms with Crippen molar-refractivity contribution in [1.82, 2.24) is 35.4 Å². The first-order valence-electron chi connectivity index (χ1n) is 13.4. The minimum Gasteiger partial charge on any atom is -0.492 e. The third kappa shape index (κ3) is 5.83. The molecule has 2 amide bonds. The molecule has 2 fully saturated rings. The largest absolute Gasteiger partial charge is 0.492 e. The van der Waals surface area contributed by atoms with Crippen LogP contribution < -0.4 is 20.7 Å². The van der Waals surface area contributed by atoms with Crippen LogP contribution in [0, 0.1) is 5.92 Å². The second-order valence-corrected chi connectivity index (χ2v) is 9.96. The van der Waals surface area contributed by atoms with Gasteiger partial charge in [0.25, 0.3) is 5.91 Å². The molecule has 1 aliphatic heterocycles. The lowest BCUT2D eigenvalue weighted by molar-refractivity contribution is -0.117. The molecule has 194 valence electrons. The maximum Gasteiger partial charge on any atom is 0.273 e. The molecule has 0 spiro atoms. The highest BCUT2D eigenvalue weighted by Crippen LogP contribution is 2.35. The molecule has 2 aromatic heterocycles. The maximum absolute atomic E-state index is 12.8. The van der Waals surface area contributed by atoms with Gasteiger partial charge in [-0.25, -0.2) is 4.68 Å². The maximum atomic E-state index is 12.8. The Morgan fingerprint density at radius 3 is 2.78 bits per heavy atom. The van der Waals surface area contributed by atoms with Gasteiger partial charge in [0.2, 0.25) is 5.91 Å². The summed E-state index contributed by atoms with van der Waals surface area (Å²) in [6.45, 7) is -0.0346. The van der Waals surface area contributed by atoms with Gasteiger partial charge in [-0.1, -0.05) is 11.3 Å². The minimum atomic E-state index is -2.73. The van der Waals surface area contributed by atoms with Gasteiger partial charge in [-0.3, -0.25) is 14.5 Å². The highest BCUT2D eigenvalue weighted by atomic mass is 32.2. The highest BCUT2D eigenvalue weighted by molar-refractivity contribution is 7.99. The second-order valence-electron chi connectivity index (χ2n) is 8.74. The molecule has 37 heavy (non-hydrogen) atoms. The number of amides is 2. The minimum absolute atomic E-state index is 0.0742. The van der Waals surface area contributed by atoms with Crippen LogP contribution in [-0.2, 0) is 11.3 Å². The molecule has 1 saturated heterocycles. The molecule has 0 atom stereocenters. The van der Waals surface area contributed by atoms with Crippen molar-refractivity contribution in [2.75, 3.05) is 49.3 Å². The first-order chi connectivity index (χ1) is 19.2. The zero-order chi connectivity index (χ0) is 28.3. The average molecular weight is 527 g/mol. The molecular weight excluding hydrogens is 494 g/mol. The number of aromatic nitrogens is 5. The Kier molecular flexibility index (Phi) is 6.43. The quantitative estimate of drug-likeness (QED) is 0.380. The summed E-state index contributed by atoms with van der Waals surface area (Å²) in [4.78, 5) is 27.4. The number of para-hydroxylation sites is 1. The number of carbonyl (C=O) groups is 2. The molecule has 0 radical (unpaired) electrons. The molecule has 3 N–H and O–H groups in total. The van der Waals surface area contributed by atoms with Gasteiger partial charge < -0.3 is 20.7 Å². The van der Waals surface area contributed by atoms with E-state index in [1.807, 2.05) is 29.3 Å². The topological polar surface area (TPSA) is 139 Å². The second kappa shape index (κ2) is 11.1. The number of nitrogens with zero attached hydrogens (tertiary/aromatic N) is 6. The molecule has 13 heteroatoms. The summed E-state index contributed by atoms with van der Waals surface area (Å²) in [5.41, 5.74) is 1.72. The summed E-state index contributed by atoms with van der Waals surface area (Å²) in [6, 6.07) is 6.74. The molecule has 2 aliphatic rings. The molecule has 0 bridgehead atoms. The van der Waals surface area contributed by atoms with Crippen molar-refractivity contribution in [2.45, 2.75) is 19.4 Å². The summed E-state index contributed by atoms with van der Waals surface area (Å²) >= 11 is 1.94. The fourth-order valence-electron chi connectivity index (χ4n) is 3.99. The van der Waals surface area contributed by atoms with Crippen molar-refractivity contribution in [2.24, 2.45) is 5.92 Å². The van der Waals surface area contributed by atoms with Crippen molar-refractivity contribution in [3.05, 3.63) is 41.9 Å². The van der Waals surface area contributed by atoms with Gasteiger partial charge >= 0.3 is 0 Å². The van der Waals surface area contributed by atoms with Gasteiger partial charge in [0.05, 0.1) is 30.4 Å². The van der Waals surface area contributed by atoms with Crippen molar-refractivity contribution < 1.29 is 18.4 Å². The first-order valence-corrected chi connectivity index (χ1v) is 13.0. The summed E-state index contributed by atoms with van der Waals surface area (Å²) < 4.78 is 29.5. The van der Waals surface area contributed by atoms with Gasteiger partial charge in [0.1, 0.15) is 5.69 Å². The summed E-state index contributed by atoms with van der Waals surface area (Å²) in [5, 5.41) is 24.2. The zero-order valence-corrected chi connectivity index (χ0v) is 21.0. The molecule has 3 aromatic rings. The summed E-state index contributed by atoms with van der Waals surface area (Å²) in [5.74, 6) is 1.49. The zero-order valence-electron chi connectivity index (χ0n) is 23.2. The molecule has 1 aliphatic carbocycles. The Labute approximate surface area is 222 Å². The van der Waals surface area contributed by atoms with Crippen molar-refractivity contribution in [3.63, 3.8) is 0 Å². The molecular formula is C24H29N9O3S. The average Bonchev–Trinajstić information content (AvgIpc) is 3.67. The van der Waals surface area contributed by atoms with Crippen LogP contribution in [0.4, 0.5) is 17.2 Å². The summed E-state index contributed by atoms with van der Waals surface area (Å²) in [6.07, 6.45) is 3.45. The fourth-order valence-corrected chi connectivity index (χ4v) is 4.97. The van der Waals surface area contributed by atoms with Crippen LogP contribution >= 0.6 is 11.8 Å². The Balaban J connectivity index is 1.44. The van der Waals surface area contributed by atoms with Gasteiger partial charge in [-0.2, -0.15) is 11.8 Å². The van der Waals surface area contributed by atoms with Gasteiger partial charge in [0.15, 0.2) is 17.3 Å². The van der Waals surface area contributed by atoms with Crippen LogP contribution in [0.3, 0.4) is 0 Å². The summed E-state index contributed by atoms with van der Waals surface area (Å²) in [7, 11) is 1.50. The van der Waals surface area contributed by atoms with E-state index in [-0.39, 0.29) is 29.0 Å². The first kappa shape index (κ1) is 21.4. The van der Waals surface area contributed by atoms with E-state index < -0.39 is 12.9 Å². The van der Waals surface area contributed by atoms with Gasteiger partial charge in [-0.15, -0.1) is 15.3 Å². The number of methoxy groups -OCH3 is 1. The molecule has 0 unspecified atom stereocenters. The fraction of sp³-hybridized carbons (Fsp3) is 0.417. The molecule has 3 heterocycles. The van der Waals surface area contributed by atoms with Crippen LogP contribution in [0.25, 0.3) is 5.69 Å². The van der Waals surface area contributed by atoms with Crippen molar-refractivity contribution >= 4 is 40.8 Å². The highest BCUT2D eigenvalue weighted by Gasteiger charge is 2.30. The van der Waals surface area contributed by atoms with E-state index in [0.29, 0.717) is 23.7 Å². The predicted molar refractivity (Wildman–Crippen MR) is 141 cm³/mol. The molecule has 1 saturated carbocycles. The number of carbonyl (C=O) groups excluding carboxylic acids is 2. The standard InChI is InChI=1S/C24H29N9O3S/c1-25-24(35)21-18(12-20(29-30-21)27-23(34)15-6-7-15)26-17-4-3-5-19(22(17)36-2)33-14-16(28-31-33)13-32-8-10-37-11-9-32/h3-5,12,14-15H,6-11,13H2,1-2H3,(H,25,35)(H2,26,27,29,34)/i1D3. The van der Waals surface area contributed by atoms with E-state index in [2.05, 4.69) is 36.0 Å². The van der Waals surface area contributed by atoms with Gasteiger partial charge in [-0.05, 0) is 25.0 Å². The molecule has 5 rings (SSSR count). The lowest BCUT2D eigenvalue weighted by atomic mass is 10.2. The molecule has 12 nitrogen and oxygen atoms in total. The lowest BCUT2D eigenvalue weighted by Gasteiger charge is -2.24. The van der Waals surface area contributed by atoms with Crippen LogP contribution in [0.5, 0.6) is 5.75 Å².